The maximum Gasteiger partial charge on any atom is 0.185 e. The molecule has 0 N–H and O–H groups in total. The number of hydrogen-bond acceptors (Lipinski definition) is 7. The molecule has 0 unspecified atom stereocenters. The average molecular weight is 358 g/mol. The van der Waals surface area contributed by atoms with Crippen molar-refractivity contribution in [3.63, 3.8) is 0 Å². The number of nitrogens with zero attached hydrogens (tertiary/aromatic N) is 5. The Morgan fingerprint density at radius 3 is 2.58 bits per heavy atom. The van der Waals surface area contributed by atoms with Crippen molar-refractivity contribution in [1.29, 1.82) is 0 Å². The van der Waals surface area contributed by atoms with E-state index in [0.717, 1.165) is 37.1 Å². The number of aryl methyl sites for hydroxylation is 2. The summed E-state index contributed by atoms with van der Waals surface area (Å²) in [7, 11) is 0. The van der Waals surface area contributed by atoms with Crippen LogP contribution >= 0.6 is 22.7 Å². The summed E-state index contributed by atoms with van der Waals surface area (Å²) < 4.78 is 0. The smallest absolute Gasteiger partial charge is 0.185 e. The molecule has 4 heterocycles. The van der Waals surface area contributed by atoms with E-state index in [1.807, 2.05) is 22.9 Å². The molecule has 24 heavy (non-hydrogen) atoms. The first-order chi connectivity index (χ1) is 11.9. The average Bonchev–Trinajstić information content (AvgIpc) is 3.29. The summed E-state index contributed by atoms with van der Waals surface area (Å²) in [5, 5.41) is 4.52. The third-order valence-electron chi connectivity index (χ3n) is 5.00. The van der Waals surface area contributed by atoms with Gasteiger partial charge >= 0.3 is 0 Å². The Kier molecular flexibility index (Phi) is 3.63. The zero-order chi connectivity index (χ0) is 15.9. The lowest BCUT2D eigenvalue weighted by Gasteiger charge is -2.35. The van der Waals surface area contributed by atoms with E-state index < -0.39 is 0 Å². The van der Waals surface area contributed by atoms with Crippen LogP contribution in [0.1, 0.15) is 23.3 Å². The van der Waals surface area contributed by atoms with Crippen molar-refractivity contribution < 1.29 is 0 Å². The maximum atomic E-state index is 4.69. The van der Waals surface area contributed by atoms with E-state index in [4.69, 9.17) is 0 Å². The number of hydrogen-bond donors (Lipinski definition) is 0. The second-order valence-corrected chi connectivity index (χ2v) is 8.33. The van der Waals surface area contributed by atoms with E-state index in [1.54, 1.807) is 22.5 Å². The highest BCUT2D eigenvalue weighted by Crippen LogP contribution is 2.39. The highest BCUT2D eigenvalue weighted by molar-refractivity contribution is 7.19. The summed E-state index contributed by atoms with van der Waals surface area (Å²) >= 11 is 3.60. The fraction of sp³-hybridized carbons (Fsp3) is 0.471. The molecule has 1 saturated heterocycles. The van der Waals surface area contributed by atoms with Crippen molar-refractivity contribution in [3.05, 3.63) is 28.3 Å². The molecule has 1 fully saturated rings. The van der Waals surface area contributed by atoms with Gasteiger partial charge in [0.1, 0.15) is 17.0 Å². The monoisotopic (exact) mass is 357 g/mol. The first kappa shape index (κ1) is 14.6. The second kappa shape index (κ2) is 5.97. The summed E-state index contributed by atoms with van der Waals surface area (Å²) in [5.74, 6) is 1.15. The van der Waals surface area contributed by atoms with Gasteiger partial charge in [0.15, 0.2) is 5.13 Å². The number of fused-ring (bicyclic) bond motifs is 3. The molecule has 0 amide bonds. The Morgan fingerprint density at radius 2 is 1.75 bits per heavy atom. The second-order valence-electron chi connectivity index (χ2n) is 6.38. The number of anilines is 2. The van der Waals surface area contributed by atoms with E-state index in [0.29, 0.717) is 0 Å². The fourth-order valence-electron chi connectivity index (χ4n) is 3.79. The summed E-state index contributed by atoms with van der Waals surface area (Å²) in [5.41, 5.74) is 1.53. The standard InChI is InChI=1S/C17H19N5S2/c1-2-4-13-12(3-1)14-15(19-11-20-16(14)24-13)21-6-8-22(9-7-21)17-18-5-10-23-17/h5,10-11H,1-4,6-9H2. The minimum atomic E-state index is 0.996. The Morgan fingerprint density at radius 1 is 0.917 bits per heavy atom. The molecule has 3 aromatic rings. The number of rotatable bonds is 2. The van der Waals surface area contributed by atoms with Gasteiger partial charge in [-0.05, 0) is 31.2 Å². The molecule has 0 saturated carbocycles. The number of thiophene rings is 1. The molecule has 0 radical (unpaired) electrons. The van der Waals surface area contributed by atoms with Gasteiger partial charge in [0, 0.05) is 42.6 Å². The Balaban J connectivity index is 1.46. The van der Waals surface area contributed by atoms with E-state index in [9.17, 15) is 0 Å². The molecular formula is C17H19N5S2. The van der Waals surface area contributed by atoms with Crippen molar-refractivity contribution in [2.24, 2.45) is 0 Å². The maximum absolute atomic E-state index is 4.69. The van der Waals surface area contributed by atoms with Crippen LogP contribution in [0.4, 0.5) is 10.9 Å². The van der Waals surface area contributed by atoms with Gasteiger partial charge in [-0.25, -0.2) is 15.0 Å². The number of thiazole rings is 1. The Bertz CT molecular complexity index is 849. The predicted octanol–water partition coefficient (Wildman–Crippen LogP) is 3.35. The van der Waals surface area contributed by atoms with Crippen molar-refractivity contribution in [2.75, 3.05) is 36.0 Å². The molecule has 0 spiro atoms. The van der Waals surface area contributed by atoms with Crippen LogP contribution in [0.3, 0.4) is 0 Å². The topological polar surface area (TPSA) is 45.2 Å². The van der Waals surface area contributed by atoms with Gasteiger partial charge in [-0.3, -0.25) is 0 Å². The van der Waals surface area contributed by atoms with Gasteiger partial charge in [-0.2, -0.15) is 0 Å². The summed E-state index contributed by atoms with van der Waals surface area (Å²) in [6.45, 7) is 4.00. The quantitative estimate of drug-likeness (QED) is 0.704. The van der Waals surface area contributed by atoms with Gasteiger partial charge < -0.3 is 9.80 Å². The third-order valence-corrected chi connectivity index (χ3v) is 7.03. The van der Waals surface area contributed by atoms with Gasteiger partial charge in [0.25, 0.3) is 0 Å². The third kappa shape index (κ3) is 2.38. The van der Waals surface area contributed by atoms with E-state index in [1.165, 1.54) is 41.5 Å². The summed E-state index contributed by atoms with van der Waals surface area (Å²) in [6.07, 6.45) is 8.65. The molecule has 3 aromatic heterocycles. The van der Waals surface area contributed by atoms with Crippen LogP contribution in [0.2, 0.25) is 0 Å². The van der Waals surface area contributed by atoms with Gasteiger partial charge in [0.2, 0.25) is 0 Å². The lowest BCUT2D eigenvalue weighted by atomic mass is 9.97. The van der Waals surface area contributed by atoms with E-state index in [-0.39, 0.29) is 0 Å². The van der Waals surface area contributed by atoms with Crippen LogP contribution in [0.25, 0.3) is 10.2 Å². The SMILES string of the molecule is c1csc(N2CCN(c3ncnc4sc5c(c34)CCCC5)CC2)n1. The Labute approximate surface area is 149 Å². The van der Waals surface area contributed by atoms with Crippen LogP contribution in [0.15, 0.2) is 17.9 Å². The molecule has 1 aliphatic carbocycles. The minimum absolute atomic E-state index is 0.996. The molecular weight excluding hydrogens is 338 g/mol. The zero-order valence-electron chi connectivity index (χ0n) is 13.4. The van der Waals surface area contributed by atoms with Crippen molar-refractivity contribution in [2.45, 2.75) is 25.7 Å². The van der Waals surface area contributed by atoms with E-state index >= 15 is 0 Å². The molecule has 5 nitrogen and oxygen atoms in total. The molecule has 0 aromatic carbocycles. The predicted molar refractivity (Wildman–Crippen MR) is 101 cm³/mol. The van der Waals surface area contributed by atoms with Crippen LogP contribution in [0, 0.1) is 0 Å². The fourth-order valence-corrected chi connectivity index (χ4v) is 5.72. The van der Waals surface area contributed by atoms with Crippen molar-refractivity contribution in [1.82, 2.24) is 15.0 Å². The normalized spacial score (nSPS) is 18.2. The largest absolute Gasteiger partial charge is 0.352 e. The van der Waals surface area contributed by atoms with E-state index in [2.05, 4.69) is 24.8 Å². The molecule has 0 atom stereocenters. The molecule has 1 aliphatic heterocycles. The van der Waals surface area contributed by atoms with Crippen LogP contribution in [-0.4, -0.2) is 41.1 Å². The van der Waals surface area contributed by atoms with Gasteiger partial charge in [-0.1, -0.05) is 0 Å². The first-order valence-electron chi connectivity index (χ1n) is 8.55. The zero-order valence-corrected chi connectivity index (χ0v) is 15.1. The molecule has 2 aliphatic rings. The van der Waals surface area contributed by atoms with Crippen molar-refractivity contribution in [3.8, 4) is 0 Å². The minimum Gasteiger partial charge on any atom is -0.352 e. The molecule has 0 bridgehead atoms. The highest BCUT2D eigenvalue weighted by atomic mass is 32.1. The molecule has 5 rings (SSSR count). The van der Waals surface area contributed by atoms with Gasteiger partial charge in [0.05, 0.1) is 5.39 Å². The lowest BCUT2D eigenvalue weighted by Crippen LogP contribution is -2.46. The van der Waals surface area contributed by atoms with Gasteiger partial charge in [-0.15, -0.1) is 22.7 Å². The molecule has 7 heteroatoms. The van der Waals surface area contributed by atoms with Crippen LogP contribution < -0.4 is 9.80 Å². The van der Waals surface area contributed by atoms with Crippen LogP contribution in [0.5, 0.6) is 0 Å². The highest BCUT2D eigenvalue weighted by Gasteiger charge is 2.25. The van der Waals surface area contributed by atoms with Crippen molar-refractivity contribution >= 4 is 43.8 Å². The lowest BCUT2D eigenvalue weighted by molar-refractivity contribution is 0.646. The molecule has 124 valence electrons. The van der Waals surface area contributed by atoms with Crippen LogP contribution in [-0.2, 0) is 12.8 Å². The summed E-state index contributed by atoms with van der Waals surface area (Å²) in [6, 6.07) is 0. The number of aromatic nitrogens is 3. The number of piperazine rings is 1. The first-order valence-corrected chi connectivity index (χ1v) is 10.2. The summed E-state index contributed by atoms with van der Waals surface area (Å²) in [4.78, 5) is 21.2. The Hall–Kier alpha value is -1.73.